The van der Waals surface area contributed by atoms with Gasteiger partial charge >= 0.3 is 5.97 Å². The number of aryl methyl sites for hydroxylation is 1. The molecule has 7 nitrogen and oxygen atoms in total. The third-order valence-corrected chi connectivity index (χ3v) is 4.61. The summed E-state index contributed by atoms with van der Waals surface area (Å²) in [4.78, 5) is 28.5. The van der Waals surface area contributed by atoms with E-state index in [0.717, 1.165) is 10.0 Å². The van der Waals surface area contributed by atoms with Gasteiger partial charge < -0.3 is 14.6 Å². The van der Waals surface area contributed by atoms with Gasteiger partial charge in [0.2, 0.25) is 11.8 Å². The van der Waals surface area contributed by atoms with Gasteiger partial charge in [-0.05, 0) is 24.1 Å². The molecule has 0 spiro atoms. The normalized spacial score (nSPS) is 12.5. The summed E-state index contributed by atoms with van der Waals surface area (Å²) in [6.07, 6.45) is 1.45. The summed E-state index contributed by atoms with van der Waals surface area (Å²) in [5.41, 5.74) is 0.657. The average molecular weight is 452 g/mol. The van der Waals surface area contributed by atoms with Gasteiger partial charge in [0.05, 0.1) is 19.6 Å². The number of methoxy groups -OCH3 is 1. The molecule has 0 bridgehead atoms. The van der Waals surface area contributed by atoms with Crippen molar-refractivity contribution < 1.29 is 18.8 Å². The second kappa shape index (κ2) is 9.82. The lowest BCUT2D eigenvalue weighted by Crippen LogP contribution is -2.30. The van der Waals surface area contributed by atoms with Crippen molar-refractivity contribution in [1.82, 2.24) is 15.5 Å². The molecule has 1 amide bonds. The highest BCUT2D eigenvalue weighted by atomic mass is 79.9. The van der Waals surface area contributed by atoms with E-state index < -0.39 is 6.04 Å². The zero-order valence-electron chi connectivity index (χ0n) is 16.6. The highest BCUT2D eigenvalue weighted by Gasteiger charge is 2.22. The lowest BCUT2D eigenvalue weighted by molar-refractivity contribution is -0.141. The first-order valence-corrected chi connectivity index (χ1v) is 9.93. The molecule has 2 aromatic rings. The second-order valence-electron chi connectivity index (χ2n) is 7.57. The van der Waals surface area contributed by atoms with Crippen molar-refractivity contribution in [1.29, 1.82) is 0 Å². The van der Waals surface area contributed by atoms with Crippen LogP contribution in [0, 0.1) is 0 Å². The number of hydrogen-bond acceptors (Lipinski definition) is 6. The fraction of sp³-hybridized carbons (Fsp3) is 0.500. The fourth-order valence-corrected chi connectivity index (χ4v) is 2.97. The van der Waals surface area contributed by atoms with E-state index in [-0.39, 0.29) is 23.7 Å². The van der Waals surface area contributed by atoms with Gasteiger partial charge in [-0.1, -0.05) is 54.0 Å². The second-order valence-corrected chi connectivity index (χ2v) is 8.49. The molecule has 1 atom stereocenters. The van der Waals surface area contributed by atoms with Crippen LogP contribution in [0.5, 0.6) is 0 Å². The number of aromatic nitrogens is 2. The van der Waals surface area contributed by atoms with Gasteiger partial charge in [-0.3, -0.25) is 9.59 Å². The van der Waals surface area contributed by atoms with Crippen molar-refractivity contribution >= 4 is 27.8 Å². The fourth-order valence-electron chi connectivity index (χ4n) is 2.55. The lowest BCUT2D eigenvalue weighted by atomic mass is 9.96. The Morgan fingerprint density at radius 3 is 2.68 bits per heavy atom. The first-order valence-electron chi connectivity index (χ1n) is 9.13. The molecule has 0 aliphatic carbocycles. The van der Waals surface area contributed by atoms with E-state index >= 15 is 0 Å². The number of nitrogens with zero attached hydrogens (tertiary/aromatic N) is 2. The van der Waals surface area contributed by atoms with E-state index in [2.05, 4.69) is 31.4 Å². The summed E-state index contributed by atoms with van der Waals surface area (Å²) < 4.78 is 10.9. The van der Waals surface area contributed by atoms with E-state index in [4.69, 9.17) is 9.26 Å². The molecule has 8 heteroatoms. The summed E-state index contributed by atoms with van der Waals surface area (Å²) >= 11 is 3.41. The van der Waals surface area contributed by atoms with Crippen molar-refractivity contribution in [3.63, 3.8) is 0 Å². The molecule has 2 rings (SSSR count). The number of esters is 1. The third-order valence-electron chi connectivity index (χ3n) is 4.12. The number of ether oxygens (including phenoxy) is 1. The van der Waals surface area contributed by atoms with Crippen LogP contribution in [0.15, 0.2) is 33.3 Å². The number of amides is 1. The maximum absolute atomic E-state index is 12.4. The molecule has 0 saturated heterocycles. The van der Waals surface area contributed by atoms with Crippen molar-refractivity contribution in [2.75, 3.05) is 7.11 Å². The predicted octanol–water partition coefficient (Wildman–Crippen LogP) is 3.87. The number of rotatable bonds is 8. The first kappa shape index (κ1) is 22.1. The topological polar surface area (TPSA) is 94.3 Å². The average Bonchev–Trinajstić information content (AvgIpc) is 3.10. The van der Waals surface area contributed by atoms with E-state index in [0.29, 0.717) is 31.0 Å². The molecular weight excluding hydrogens is 426 g/mol. The summed E-state index contributed by atoms with van der Waals surface area (Å²) in [5.74, 6) is 0.644. The quantitative estimate of drug-likeness (QED) is 0.611. The predicted molar refractivity (Wildman–Crippen MR) is 108 cm³/mol. The highest BCUT2D eigenvalue weighted by molar-refractivity contribution is 9.10. The van der Waals surface area contributed by atoms with Crippen LogP contribution in [0.1, 0.15) is 63.4 Å². The maximum atomic E-state index is 12.4. The Bertz CT molecular complexity index is 814. The minimum atomic E-state index is -0.451. The number of hydrogen-bond donors (Lipinski definition) is 1. The SMILES string of the molecule is COC(=O)CC(NC(=O)CCCc1nc(C(C)(C)C)no1)c1cccc(Br)c1. The Morgan fingerprint density at radius 2 is 2.07 bits per heavy atom. The summed E-state index contributed by atoms with van der Waals surface area (Å²) in [6, 6.07) is 7.04. The Kier molecular flexibility index (Phi) is 7.74. The van der Waals surface area contributed by atoms with Crippen LogP contribution in [-0.4, -0.2) is 29.1 Å². The molecule has 1 heterocycles. The number of nitrogens with one attached hydrogen (secondary N) is 1. The van der Waals surface area contributed by atoms with E-state index in [1.54, 1.807) is 0 Å². The van der Waals surface area contributed by atoms with Crippen molar-refractivity contribution in [2.24, 2.45) is 0 Å². The van der Waals surface area contributed by atoms with Gasteiger partial charge in [0.15, 0.2) is 5.82 Å². The Morgan fingerprint density at radius 1 is 1.32 bits per heavy atom. The monoisotopic (exact) mass is 451 g/mol. The van der Waals surface area contributed by atoms with Crippen LogP contribution in [-0.2, 0) is 26.2 Å². The van der Waals surface area contributed by atoms with Gasteiger partial charge in [0, 0.05) is 22.7 Å². The van der Waals surface area contributed by atoms with Crippen LogP contribution in [0.2, 0.25) is 0 Å². The number of halogens is 1. The van der Waals surface area contributed by atoms with Crippen LogP contribution >= 0.6 is 15.9 Å². The summed E-state index contributed by atoms with van der Waals surface area (Å²) in [6.45, 7) is 6.04. The Hall–Kier alpha value is -2.22. The number of benzene rings is 1. The minimum Gasteiger partial charge on any atom is -0.469 e. The van der Waals surface area contributed by atoms with Crippen molar-refractivity contribution in [3.8, 4) is 0 Å². The van der Waals surface area contributed by atoms with Gasteiger partial charge in [-0.2, -0.15) is 4.98 Å². The molecule has 0 saturated carbocycles. The van der Waals surface area contributed by atoms with Crippen LogP contribution in [0.4, 0.5) is 0 Å². The molecule has 1 aromatic heterocycles. The minimum absolute atomic E-state index is 0.0668. The van der Waals surface area contributed by atoms with E-state index in [1.807, 2.05) is 45.0 Å². The van der Waals surface area contributed by atoms with E-state index in [1.165, 1.54) is 7.11 Å². The van der Waals surface area contributed by atoms with Gasteiger partial charge in [-0.25, -0.2) is 0 Å². The smallest absolute Gasteiger partial charge is 0.307 e. The first-order chi connectivity index (χ1) is 13.2. The molecule has 1 unspecified atom stereocenters. The molecule has 0 aliphatic rings. The molecule has 0 radical (unpaired) electrons. The maximum Gasteiger partial charge on any atom is 0.307 e. The van der Waals surface area contributed by atoms with Crippen molar-refractivity contribution in [3.05, 3.63) is 46.0 Å². The third kappa shape index (κ3) is 6.74. The zero-order valence-corrected chi connectivity index (χ0v) is 18.2. The highest BCUT2D eigenvalue weighted by Crippen LogP contribution is 2.22. The van der Waals surface area contributed by atoms with Crippen LogP contribution < -0.4 is 5.32 Å². The number of carbonyl (C=O) groups excluding carboxylic acids is 2. The summed E-state index contributed by atoms with van der Waals surface area (Å²) in [7, 11) is 1.33. The molecule has 28 heavy (non-hydrogen) atoms. The molecule has 152 valence electrons. The molecule has 1 aromatic carbocycles. The lowest BCUT2D eigenvalue weighted by Gasteiger charge is -2.18. The van der Waals surface area contributed by atoms with Gasteiger partial charge in [0.1, 0.15) is 0 Å². The number of carbonyl (C=O) groups is 2. The molecule has 1 N–H and O–H groups in total. The largest absolute Gasteiger partial charge is 0.469 e. The van der Waals surface area contributed by atoms with Gasteiger partial charge in [0.25, 0.3) is 0 Å². The zero-order chi connectivity index (χ0) is 20.7. The Labute approximate surface area is 173 Å². The molecular formula is C20H26BrN3O4. The molecule has 0 fully saturated rings. The van der Waals surface area contributed by atoms with Crippen molar-refractivity contribution in [2.45, 2.75) is 57.9 Å². The van der Waals surface area contributed by atoms with E-state index in [9.17, 15) is 9.59 Å². The standard InChI is InChI=1S/C20H26BrN3O4/c1-20(2,3)19-23-17(28-24-19)10-6-9-16(25)22-15(12-18(26)27-4)13-7-5-8-14(21)11-13/h5,7-8,11,15H,6,9-10,12H2,1-4H3,(H,22,25). The Balaban J connectivity index is 1.92. The molecule has 0 aliphatic heterocycles. The van der Waals surface area contributed by atoms with Crippen LogP contribution in [0.3, 0.4) is 0 Å². The summed E-state index contributed by atoms with van der Waals surface area (Å²) in [5, 5.41) is 6.90. The van der Waals surface area contributed by atoms with Crippen LogP contribution in [0.25, 0.3) is 0 Å². The van der Waals surface area contributed by atoms with Gasteiger partial charge in [-0.15, -0.1) is 0 Å².